The van der Waals surface area contributed by atoms with Gasteiger partial charge in [-0.25, -0.2) is 14.8 Å². The molecule has 0 spiro atoms. The highest BCUT2D eigenvalue weighted by molar-refractivity contribution is 7.99. The van der Waals surface area contributed by atoms with E-state index in [1.807, 2.05) is 37.3 Å². The van der Waals surface area contributed by atoms with Gasteiger partial charge in [0.05, 0.1) is 6.54 Å². The summed E-state index contributed by atoms with van der Waals surface area (Å²) in [7, 11) is 0. The molecule has 6 nitrogen and oxygen atoms in total. The van der Waals surface area contributed by atoms with Gasteiger partial charge in [-0.3, -0.25) is 0 Å². The second-order valence-electron chi connectivity index (χ2n) is 5.80. The predicted molar refractivity (Wildman–Crippen MR) is 111 cm³/mol. The number of hydrogen-bond acceptors (Lipinski definition) is 5. The maximum absolute atomic E-state index is 12.1. The summed E-state index contributed by atoms with van der Waals surface area (Å²) < 4.78 is 5.54. The molecule has 8 heteroatoms. The standard InChI is InChI=1S/C20H19ClN4O2S/c1-14-12-17(28-20-23-8-3-9-24-20)6-7-18(14)25-19(26)22-10-11-27-16-5-2-4-15(21)13-16/h2-9,12-13H,10-11H2,1H3,(H2,22,25,26). The molecule has 0 unspecified atom stereocenters. The fraction of sp³-hybridized carbons (Fsp3) is 0.150. The smallest absolute Gasteiger partial charge is 0.319 e. The normalized spacial score (nSPS) is 10.4. The molecule has 0 atom stereocenters. The molecule has 0 saturated heterocycles. The number of carbonyl (C=O) groups is 1. The molecule has 28 heavy (non-hydrogen) atoms. The number of nitrogens with one attached hydrogen (secondary N) is 2. The monoisotopic (exact) mass is 414 g/mol. The van der Waals surface area contributed by atoms with Crippen LogP contribution in [-0.4, -0.2) is 29.2 Å². The second kappa shape index (κ2) is 9.96. The van der Waals surface area contributed by atoms with E-state index in [4.69, 9.17) is 16.3 Å². The summed E-state index contributed by atoms with van der Waals surface area (Å²) in [5.41, 5.74) is 1.69. The van der Waals surface area contributed by atoms with Crippen molar-refractivity contribution in [2.24, 2.45) is 0 Å². The van der Waals surface area contributed by atoms with Crippen LogP contribution in [0.15, 0.2) is 71.0 Å². The Kier molecular flexibility index (Phi) is 7.11. The molecule has 0 aliphatic heterocycles. The van der Waals surface area contributed by atoms with Gasteiger partial charge in [-0.2, -0.15) is 0 Å². The van der Waals surface area contributed by atoms with E-state index in [-0.39, 0.29) is 6.03 Å². The zero-order valence-corrected chi connectivity index (χ0v) is 16.8. The Bertz CT molecular complexity index is 940. The van der Waals surface area contributed by atoms with E-state index in [1.165, 1.54) is 11.8 Å². The van der Waals surface area contributed by atoms with Gasteiger partial charge in [0.25, 0.3) is 0 Å². The van der Waals surface area contributed by atoms with Crippen LogP contribution in [-0.2, 0) is 0 Å². The van der Waals surface area contributed by atoms with Crippen LogP contribution in [0.1, 0.15) is 5.56 Å². The molecule has 0 aliphatic carbocycles. The van der Waals surface area contributed by atoms with Crippen molar-refractivity contribution in [1.82, 2.24) is 15.3 Å². The maximum atomic E-state index is 12.1. The number of carbonyl (C=O) groups excluding carboxylic acids is 1. The molecule has 144 valence electrons. The van der Waals surface area contributed by atoms with Crippen LogP contribution >= 0.6 is 23.4 Å². The predicted octanol–water partition coefficient (Wildman–Crippen LogP) is 4.79. The van der Waals surface area contributed by atoms with E-state index in [9.17, 15) is 4.79 Å². The first-order valence-electron chi connectivity index (χ1n) is 8.59. The van der Waals surface area contributed by atoms with Crippen molar-refractivity contribution in [2.75, 3.05) is 18.5 Å². The van der Waals surface area contributed by atoms with E-state index in [1.54, 1.807) is 30.6 Å². The molecule has 1 aromatic heterocycles. The van der Waals surface area contributed by atoms with Crippen molar-refractivity contribution in [3.05, 3.63) is 71.5 Å². The fourth-order valence-corrected chi connectivity index (χ4v) is 3.33. The van der Waals surface area contributed by atoms with Crippen molar-refractivity contribution in [3.63, 3.8) is 0 Å². The molecule has 0 bridgehead atoms. The van der Waals surface area contributed by atoms with E-state index in [0.29, 0.717) is 29.1 Å². The summed E-state index contributed by atoms with van der Waals surface area (Å²) in [6.07, 6.45) is 3.41. The molecule has 0 radical (unpaired) electrons. The molecule has 0 saturated carbocycles. The highest BCUT2D eigenvalue weighted by Crippen LogP contribution is 2.27. The quantitative estimate of drug-likeness (QED) is 0.429. The third-order valence-electron chi connectivity index (χ3n) is 3.65. The Balaban J connectivity index is 1.46. The second-order valence-corrected chi connectivity index (χ2v) is 7.27. The Hall–Kier alpha value is -2.77. The van der Waals surface area contributed by atoms with Gasteiger partial charge < -0.3 is 15.4 Å². The van der Waals surface area contributed by atoms with Crippen LogP contribution in [0, 0.1) is 6.92 Å². The lowest BCUT2D eigenvalue weighted by atomic mass is 10.2. The highest BCUT2D eigenvalue weighted by Gasteiger charge is 2.07. The fourth-order valence-electron chi connectivity index (χ4n) is 2.34. The zero-order valence-electron chi connectivity index (χ0n) is 15.2. The number of aromatic nitrogens is 2. The van der Waals surface area contributed by atoms with Gasteiger partial charge in [0.1, 0.15) is 12.4 Å². The number of ether oxygens (including phenoxy) is 1. The van der Waals surface area contributed by atoms with Crippen molar-refractivity contribution < 1.29 is 9.53 Å². The number of rotatable bonds is 7. The molecule has 0 aliphatic rings. The number of aryl methyl sites for hydroxylation is 1. The van der Waals surface area contributed by atoms with Gasteiger partial charge in [0.2, 0.25) is 0 Å². The summed E-state index contributed by atoms with van der Waals surface area (Å²) in [4.78, 5) is 21.5. The molecule has 3 aromatic rings. The van der Waals surface area contributed by atoms with Crippen molar-refractivity contribution >= 4 is 35.1 Å². The summed E-state index contributed by atoms with van der Waals surface area (Å²) in [6.45, 7) is 2.66. The lowest BCUT2D eigenvalue weighted by molar-refractivity contribution is 0.247. The van der Waals surface area contributed by atoms with Crippen LogP contribution in [0.5, 0.6) is 5.75 Å². The van der Waals surface area contributed by atoms with Crippen LogP contribution < -0.4 is 15.4 Å². The van der Waals surface area contributed by atoms with Crippen molar-refractivity contribution in [1.29, 1.82) is 0 Å². The van der Waals surface area contributed by atoms with Gasteiger partial charge in [0, 0.05) is 28.0 Å². The first-order chi connectivity index (χ1) is 13.6. The summed E-state index contributed by atoms with van der Waals surface area (Å²) >= 11 is 7.37. The minimum atomic E-state index is -0.287. The van der Waals surface area contributed by atoms with Gasteiger partial charge in [-0.1, -0.05) is 17.7 Å². The summed E-state index contributed by atoms with van der Waals surface area (Å²) in [5.74, 6) is 0.668. The Morgan fingerprint density at radius 1 is 1.14 bits per heavy atom. The molecule has 3 rings (SSSR count). The van der Waals surface area contributed by atoms with E-state index >= 15 is 0 Å². The molecule has 1 heterocycles. The first-order valence-corrected chi connectivity index (χ1v) is 9.78. The molecule has 2 N–H and O–H groups in total. The number of anilines is 1. The molecular formula is C20H19ClN4O2S. The minimum Gasteiger partial charge on any atom is -0.492 e. The third kappa shape index (κ3) is 6.14. The van der Waals surface area contributed by atoms with E-state index in [0.717, 1.165) is 16.1 Å². The van der Waals surface area contributed by atoms with Gasteiger partial charge in [-0.05, 0) is 66.7 Å². The molecule has 2 aromatic carbocycles. The summed E-state index contributed by atoms with van der Waals surface area (Å²) in [5, 5.41) is 6.90. The van der Waals surface area contributed by atoms with Crippen molar-refractivity contribution in [3.8, 4) is 5.75 Å². The number of amides is 2. The third-order valence-corrected chi connectivity index (χ3v) is 4.77. The maximum Gasteiger partial charge on any atom is 0.319 e. The van der Waals surface area contributed by atoms with Gasteiger partial charge in [-0.15, -0.1) is 0 Å². The SMILES string of the molecule is Cc1cc(Sc2ncccn2)ccc1NC(=O)NCCOc1cccc(Cl)c1. The van der Waals surface area contributed by atoms with Crippen LogP contribution in [0.25, 0.3) is 0 Å². The van der Waals surface area contributed by atoms with Gasteiger partial charge in [0.15, 0.2) is 5.16 Å². The zero-order chi connectivity index (χ0) is 19.8. The number of urea groups is 1. The summed E-state index contributed by atoms with van der Waals surface area (Å²) in [6, 6.07) is 14.4. The van der Waals surface area contributed by atoms with Crippen LogP contribution in [0.2, 0.25) is 5.02 Å². The Morgan fingerprint density at radius 2 is 1.96 bits per heavy atom. The first kappa shape index (κ1) is 20.0. The minimum absolute atomic E-state index is 0.287. The highest BCUT2D eigenvalue weighted by atomic mass is 35.5. The van der Waals surface area contributed by atoms with Crippen molar-refractivity contribution in [2.45, 2.75) is 17.0 Å². The molecule has 0 fully saturated rings. The van der Waals surface area contributed by atoms with Crippen LogP contribution in [0.4, 0.5) is 10.5 Å². The molecular weight excluding hydrogens is 396 g/mol. The Labute approximate surface area is 172 Å². The van der Waals surface area contributed by atoms with E-state index < -0.39 is 0 Å². The number of nitrogens with zero attached hydrogens (tertiary/aromatic N) is 2. The van der Waals surface area contributed by atoms with E-state index in [2.05, 4.69) is 20.6 Å². The van der Waals surface area contributed by atoms with Crippen LogP contribution in [0.3, 0.4) is 0 Å². The number of benzene rings is 2. The Morgan fingerprint density at radius 3 is 2.71 bits per heavy atom. The molecule has 2 amide bonds. The topological polar surface area (TPSA) is 76.1 Å². The lowest BCUT2D eigenvalue weighted by Crippen LogP contribution is -2.32. The number of hydrogen-bond donors (Lipinski definition) is 2. The largest absolute Gasteiger partial charge is 0.492 e. The average Bonchev–Trinajstić information content (AvgIpc) is 2.68. The lowest BCUT2D eigenvalue weighted by Gasteiger charge is -2.11. The van der Waals surface area contributed by atoms with Gasteiger partial charge >= 0.3 is 6.03 Å². The average molecular weight is 415 g/mol. The number of halogens is 1.